The summed E-state index contributed by atoms with van der Waals surface area (Å²) in [5, 5.41) is 42.7. The monoisotopic (exact) mass is 1090 g/mol. The van der Waals surface area contributed by atoms with E-state index in [0.29, 0.717) is 62.5 Å². The zero-order valence-electron chi connectivity index (χ0n) is 46.6. The topological polar surface area (TPSA) is 273 Å². The standard InChI is InChI=1S/C58H82N2O18/c1-32-14-11-10-12-15-33(2)44(72-7)30-39-19-17-37(6)58(71,77-39)55(68)56(69)59-25-13-16-40-41(28-38-18-20-42(61)46(29-38)73-8)45(75-57(70)51(40)59)31-43(62)34(3)27-36(5)53(54(74-9)52(67)35(4)26-32)76-49(65)23-24-50(66)78-60-47(63)21-22-48(60)64/h10-12,14-15,21-22,27,32,34-35,37-42,44-46,51,53-54,61,63-64,71H,13,16-20,23-26,28-31H2,1-9H3/t32-,34-,35-,37-,38+,39+,40?,41+,42-,44+,45+,46-,51+,53-,54+,58-/m1/s1. The molecule has 7 rings (SSSR count). The van der Waals surface area contributed by atoms with E-state index in [1.807, 2.05) is 44.2 Å². The van der Waals surface area contributed by atoms with Gasteiger partial charge in [-0.05, 0) is 101 Å². The molecule has 0 spiro atoms. The molecule has 5 aliphatic heterocycles. The van der Waals surface area contributed by atoms with Crippen molar-refractivity contribution in [2.24, 2.45) is 41.4 Å². The number of aromatic nitrogens is 1. The lowest BCUT2D eigenvalue weighted by Gasteiger charge is -2.50. The minimum Gasteiger partial charge on any atom is -0.492 e. The highest BCUT2D eigenvalue weighted by Gasteiger charge is 2.57. The van der Waals surface area contributed by atoms with Crippen LogP contribution in [0.25, 0.3) is 0 Å². The van der Waals surface area contributed by atoms with E-state index in [9.17, 15) is 54.0 Å². The Labute approximate surface area is 457 Å². The molecule has 1 amide bonds. The number of aromatic hydroxyl groups is 2. The molecule has 78 heavy (non-hydrogen) atoms. The summed E-state index contributed by atoms with van der Waals surface area (Å²) in [6.45, 7) is 10.5. The molecule has 1 aromatic rings. The second kappa shape index (κ2) is 27.6. The molecule has 432 valence electrons. The Morgan fingerprint density at radius 1 is 0.808 bits per heavy atom. The van der Waals surface area contributed by atoms with Crippen LogP contribution in [0.2, 0.25) is 0 Å². The number of amides is 1. The number of aliphatic hydroxyl groups is 2. The van der Waals surface area contributed by atoms with Crippen LogP contribution in [0.4, 0.5) is 0 Å². The molecule has 1 aromatic heterocycles. The van der Waals surface area contributed by atoms with Gasteiger partial charge in [-0.2, -0.15) is 0 Å². The molecule has 0 aromatic carbocycles. The lowest BCUT2D eigenvalue weighted by molar-refractivity contribution is -0.266. The van der Waals surface area contributed by atoms with Gasteiger partial charge < -0.3 is 58.6 Å². The molecule has 0 radical (unpaired) electrons. The Hall–Kier alpha value is -5.51. The maximum atomic E-state index is 14.6. The Balaban J connectivity index is 1.35. The average Bonchev–Trinajstić information content (AvgIpc) is 3.75. The highest BCUT2D eigenvalue weighted by Crippen LogP contribution is 2.45. The number of esters is 2. The number of methoxy groups -OCH3 is 3. The quantitative estimate of drug-likeness (QED) is 0.126. The molecular weight excluding hydrogens is 1010 g/mol. The van der Waals surface area contributed by atoms with Gasteiger partial charge in [0.05, 0.1) is 37.3 Å². The van der Waals surface area contributed by atoms with Crippen molar-refractivity contribution in [2.45, 2.75) is 180 Å². The molecule has 6 bridgehead atoms. The number of fused-ring (bicyclic) bond motifs is 16. The van der Waals surface area contributed by atoms with E-state index in [-0.39, 0.29) is 42.6 Å². The number of allylic oxidation sites excluding steroid dienone is 6. The van der Waals surface area contributed by atoms with Crippen molar-refractivity contribution in [2.75, 3.05) is 27.9 Å². The van der Waals surface area contributed by atoms with E-state index in [1.165, 1.54) is 19.1 Å². The van der Waals surface area contributed by atoms with Crippen LogP contribution in [0.1, 0.15) is 125 Å². The van der Waals surface area contributed by atoms with Crippen molar-refractivity contribution < 1.29 is 87.2 Å². The van der Waals surface area contributed by atoms with Crippen LogP contribution in [-0.2, 0) is 62.0 Å². The summed E-state index contributed by atoms with van der Waals surface area (Å²) in [5.41, 5.74) is 1.11. The number of ketones is 3. The fraction of sp³-hybridized carbons (Fsp3) is 0.672. The second-order valence-electron chi connectivity index (χ2n) is 22.3. The molecule has 20 heteroatoms. The van der Waals surface area contributed by atoms with Gasteiger partial charge in [0.2, 0.25) is 17.5 Å². The van der Waals surface area contributed by atoms with Crippen molar-refractivity contribution in [3.63, 3.8) is 0 Å². The highest BCUT2D eigenvalue weighted by atomic mass is 16.7. The number of aliphatic hydroxyl groups excluding tert-OH is 1. The summed E-state index contributed by atoms with van der Waals surface area (Å²) in [6.07, 6.45) is 7.95. The number of ether oxygens (including phenoxy) is 6. The van der Waals surface area contributed by atoms with Crippen molar-refractivity contribution >= 4 is 41.2 Å². The van der Waals surface area contributed by atoms with E-state index < -0.39 is 144 Å². The number of piperidine rings is 1. The summed E-state index contributed by atoms with van der Waals surface area (Å²) >= 11 is 0. The predicted molar refractivity (Wildman–Crippen MR) is 281 cm³/mol. The molecule has 1 unspecified atom stereocenters. The first-order chi connectivity index (χ1) is 37.0. The Kier molecular flexibility index (Phi) is 21.8. The maximum Gasteiger partial charge on any atom is 0.333 e. The van der Waals surface area contributed by atoms with Crippen molar-refractivity contribution in [1.29, 1.82) is 0 Å². The smallest absolute Gasteiger partial charge is 0.333 e. The van der Waals surface area contributed by atoms with Crippen LogP contribution in [0.15, 0.2) is 59.7 Å². The summed E-state index contributed by atoms with van der Waals surface area (Å²) < 4.78 is 36.2. The van der Waals surface area contributed by atoms with Gasteiger partial charge in [-0.1, -0.05) is 64.2 Å². The Morgan fingerprint density at radius 3 is 2.19 bits per heavy atom. The Morgan fingerprint density at radius 2 is 1.51 bits per heavy atom. The number of carbonyl (C=O) groups is 7. The number of rotatable bonds is 10. The van der Waals surface area contributed by atoms with Gasteiger partial charge in [0.15, 0.2) is 18.0 Å². The van der Waals surface area contributed by atoms with Gasteiger partial charge in [0.1, 0.15) is 17.9 Å². The third-order valence-corrected chi connectivity index (χ3v) is 16.7. The molecule has 1 saturated carbocycles. The van der Waals surface area contributed by atoms with Gasteiger partial charge >= 0.3 is 17.9 Å². The molecule has 6 aliphatic rings. The minimum absolute atomic E-state index is 0.0287. The van der Waals surface area contributed by atoms with E-state index in [2.05, 4.69) is 0 Å². The molecule has 3 saturated heterocycles. The van der Waals surface area contributed by atoms with Crippen LogP contribution in [0, 0.1) is 41.4 Å². The summed E-state index contributed by atoms with van der Waals surface area (Å²) in [5.74, 6) is -12.8. The number of carbonyl (C=O) groups excluding carboxylic acids is 7. The zero-order valence-corrected chi connectivity index (χ0v) is 46.6. The Bertz CT molecular complexity index is 2420. The second-order valence-corrected chi connectivity index (χ2v) is 22.3. The van der Waals surface area contributed by atoms with E-state index in [0.717, 1.165) is 17.7 Å². The van der Waals surface area contributed by atoms with Crippen molar-refractivity contribution in [3.05, 3.63) is 59.7 Å². The fourth-order valence-corrected chi connectivity index (χ4v) is 12.1. The normalized spacial score (nSPS) is 35.2. The van der Waals surface area contributed by atoms with Crippen LogP contribution in [0.3, 0.4) is 0 Å². The third kappa shape index (κ3) is 14.8. The van der Waals surface area contributed by atoms with Gasteiger partial charge in [-0.15, -0.1) is 4.73 Å². The van der Waals surface area contributed by atoms with Crippen LogP contribution >= 0.6 is 0 Å². The average molecular weight is 1100 g/mol. The van der Waals surface area contributed by atoms with Gasteiger partial charge in [0.25, 0.3) is 11.7 Å². The van der Waals surface area contributed by atoms with Gasteiger partial charge in [-0.3, -0.25) is 24.0 Å². The molecule has 16 atom stereocenters. The number of hydrogen-bond donors (Lipinski definition) is 4. The van der Waals surface area contributed by atoms with Crippen molar-refractivity contribution in [1.82, 2.24) is 9.63 Å². The fourth-order valence-electron chi connectivity index (χ4n) is 12.1. The van der Waals surface area contributed by atoms with Gasteiger partial charge in [-0.25, -0.2) is 9.59 Å². The third-order valence-electron chi connectivity index (χ3n) is 16.7. The van der Waals surface area contributed by atoms with Gasteiger partial charge in [0, 0.05) is 76.5 Å². The van der Waals surface area contributed by atoms with E-state index in [4.69, 9.17) is 33.3 Å². The zero-order chi connectivity index (χ0) is 57.2. The van der Waals surface area contributed by atoms with E-state index in [1.54, 1.807) is 40.9 Å². The lowest BCUT2D eigenvalue weighted by atomic mass is 9.68. The molecule has 4 N–H and O–H groups in total. The summed E-state index contributed by atoms with van der Waals surface area (Å²) in [6, 6.07) is 0.991. The first kappa shape index (κ1) is 61.7. The highest BCUT2D eigenvalue weighted by molar-refractivity contribution is 6.39. The molecule has 1 aliphatic carbocycles. The number of Topliss-reactive ketones (excluding diaryl/α,β-unsaturated/α-hetero) is 3. The van der Waals surface area contributed by atoms with Crippen molar-refractivity contribution in [3.8, 4) is 11.8 Å². The molecular formula is C58H82N2O18. The molecule has 6 heterocycles. The number of hydrogen-bond acceptors (Lipinski definition) is 18. The first-order valence-electron chi connectivity index (χ1n) is 27.5. The maximum absolute atomic E-state index is 14.6. The summed E-state index contributed by atoms with van der Waals surface area (Å²) in [7, 11) is 4.39. The van der Waals surface area contributed by atoms with Crippen LogP contribution < -0.4 is 4.84 Å². The van der Waals surface area contributed by atoms with Crippen LogP contribution in [-0.4, -0.2) is 154 Å². The predicted octanol–water partition coefficient (Wildman–Crippen LogP) is 5.60. The lowest BCUT2D eigenvalue weighted by Crippen LogP contribution is -2.65. The molecule has 20 nitrogen and oxygen atoms in total. The molecule has 4 fully saturated rings. The van der Waals surface area contributed by atoms with Crippen LogP contribution in [0.5, 0.6) is 11.8 Å². The number of nitrogens with zero attached hydrogens (tertiary/aromatic N) is 2. The van der Waals surface area contributed by atoms with E-state index >= 15 is 0 Å². The first-order valence-corrected chi connectivity index (χ1v) is 27.5. The minimum atomic E-state index is -2.49. The summed E-state index contributed by atoms with van der Waals surface area (Å²) in [4.78, 5) is 105. The largest absolute Gasteiger partial charge is 0.492 e. The SMILES string of the molecule is CO[C@H]1C[C@@H]2CC[C@@H](C)[C@@](O)(O2)C(=O)C(=O)N2CCCC3[C@H]2C(=O)O[C@@H](CC(=O)[C@H](C)C=C(C)[C@@H](OC(=O)CCC(=O)On2c(O)ccc2O)[C@@H](OC)C(=O)[C@H](C)C[C@H](C)C=CC=CC=C1C)[C@H]3C[C@@H]1CC[C@@H](O)[C@H](OC)C1.